The Kier molecular flexibility index (Phi) is 9.69. The predicted molar refractivity (Wildman–Crippen MR) is 121 cm³/mol. The van der Waals surface area contributed by atoms with Crippen molar-refractivity contribution in [2.45, 2.75) is 45.6 Å². The lowest BCUT2D eigenvalue weighted by atomic mass is 10.2. The third-order valence-electron chi connectivity index (χ3n) is 4.53. The largest absolute Gasteiger partial charge is 0.357 e. The summed E-state index contributed by atoms with van der Waals surface area (Å²) >= 11 is 1.65. The Balaban J connectivity index is 0.00000243. The van der Waals surface area contributed by atoms with Crippen molar-refractivity contribution in [1.29, 1.82) is 0 Å². The third-order valence-corrected chi connectivity index (χ3v) is 5.30. The van der Waals surface area contributed by atoms with Crippen LogP contribution in [0, 0.1) is 0 Å². The molecule has 1 aliphatic rings. The Morgan fingerprint density at radius 2 is 2.04 bits per heavy atom. The van der Waals surface area contributed by atoms with E-state index < -0.39 is 0 Å². The molecule has 146 valence electrons. The first-order valence-corrected chi connectivity index (χ1v) is 10.4. The summed E-state index contributed by atoms with van der Waals surface area (Å²) in [5, 5.41) is 8.82. The number of aromatic nitrogens is 2. The molecule has 0 aliphatic carbocycles. The van der Waals surface area contributed by atoms with Gasteiger partial charge in [-0.05, 0) is 45.8 Å². The fourth-order valence-electron chi connectivity index (χ4n) is 3.22. The Bertz CT molecular complexity index is 631. The Morgan fingerprint density at radius 1 is 1.23 bits per heavy atom. The van der Waals surface area contributed by atoms with Crippen LogP contribution in [0.25, 0.3) is 4.96 Å². The number of rotatable bonds is 7. The van der Waals surface area contributed by atoms with Crippen LogP contribution in [-0.2, 0) is 6.54 Å². The van der Waals surface area contributed by atoms with Gasteiger partial charge >= 0.3 is 0 Å². The average Bonchev–Trinajstić information content (AvgIpc) is 3.10. The molecule has 3 rings (SSSR count). The fraction of sp³-hybridized carbons (Fsp3) is 0.667. The second kappa shape index (κ2) is 11.8. The molecular weight excluding hydrogens is 459 g/mol. The van der Waals surface area contributed by atoms with Crippen LogP contribution in [0.15, 0.2) is 22.8 Å². The highest BCUT2D eigenvalue weighted by atomic mass is 127. The van der Waals surface area contributed by atoms with Gasteiger partial charge in [0.15, 0.2) is 10.9 Å². The van der Waals surface area contributed by atoms with Gasteiger partial charge in [-0.25, -0.2) is 9.98 Å². The normalized spacial score (nSPS) is 16.3. The Hall–Kier alpha value is -0.870. The van der Waals surface area contributed by atoms with E-state index in [2.05, 4.69) is 43.0 Å². The van der Waals surface area contributed by atoms with Gasteiger partial charge in [0.05, 0.1) is 12.2 Å². The third kappa shape index (κ3) is 6.70. The van der Waals surface area contributed by atoms with Crippen LogP contribution in [0.4, 0.5) is 0 Å². The van der Waals surface area contributed by atoms with Crippen molar-refractivity contribution in [2.24, 2.45) is 4.99 Å². The quantitative estimate of drug-likeness (QED) is 0.271. The molecule has 2 N–H and O–H groups in total. The van der Waals surface area contributed by atoms with E-state index >= 15 is 0 Å². The summed E-state index contributed by atoms with van der Waals surface area (Å²) < 4.78 is 2.05. The van der Waals surface area contributed by atoms with Crippen LogP contribution in [0.1, 0.15) is 44.7 Å². The zero-order chi connectivity index (χ0) is 17.3. The maximum atomic E-state index is 4.67. The van der Waals surface area contributed by atoms with E-state index in [1.807, 2.05) is 11.6 Å². The van der Waals surface area contributed by atoms with E-state index in [1.54, 1.807) is 11.3 Å². The van der Waals surface area contributed by atoms with Crippen molar-refractivity contribution in [1.82, 2.24) is 24.9 Å². The van der Waals surface area contributed by atoms with E-state index in [0.29, 0.717) is 6.54 Å². The minimum absolute atomic E-state index is 0. The van der Waals surface area contributed by atoms with E-state index in [-0.39, 0.29) is 24.0 Å². The topological polar surface area (TPSA) is 57.0 Å². The number of imidazole rings is 1. The molecule has 0 aromatic carbocycles. The molecule has 6 nitrogen and oxygen atoms in total. The Morgan fingerprint density at radius 3 is 2.77 bits per heavy atom. The molecule has 2 aromatic heterocycles. The van der Waals surface area contributed by atoms with Gasteiger partial charge in [0, 0.05) is 30.9 Å². The van der Waals surface area contributed by atoms with Crippen molar-refractivity contribution < 1.29 is 0 Å². The van der Waals surface area contributed by atoms with Crippen molar-refractivity contribution in [3.05, 3.63) is 23.5 Å². The van der Waals surface area contributed by atoms with Gasteiger partial charge in [0.2, 0.25) is 0 Å². The number of nitrogens with one attached hydrogen (secondary N) is 2. The number of hydrogen-bond acceptors (Lipinski definition) is 4. The number of fused-ring (bicyclic) bond motifs is 1. The van der Waals surface area contributed by atoms with Gasteiger partial charge in [-0.1, -0.05) is 12.8 Å². The number of thiazole rings is 1. The molecular formula is C18H31IN6S. The van der Waals surface area contributed by atoms with Gasteiger partial charge < -0.3 is 15.5 Å². The van der Waals surface area contributed by atoms with Crippen molar-refractivity contribution in [3.8, 4) is 0 Å². The summed E-state index contributed by atoms with van der Waals surface area (Å²) in [5.41, 5.74) is 1.01. The van der Waals surface area contributed by atoms with Crippen LogP contribution in [-0.4, -0.2) is 53.0 Å². The molecule has 0 spiro atoms. The summed E-state index contributed by atoms with van der Waals surface area (Å²) in [4.78, 5) is 12.9. The smallest absolute Gasteiger partial charge is 0.193 e. The maximum Gasteiger partial charge on any atom is 0.193 e. The van der Waals surface area contributed by atoms with E-state index in [4.69, 9.17) is 0 Å². The fourth-order valence-corrected chi connectivity index (χ4v) is 3.94. The first-order valence-electron chi connectivity index (χ1n) is 9.51. The maximum absolute atomic E-state index is 4.67. The molecule has 0 atom stereocenters. The first-order chi connectivity index (χ1) is 12.3. The van der Waals surface area contributed by atoms with Crippen LogP contribution in [0.2, 0.25) is 0 Å². The molecule has 3 heterocycles. The summed E-state index contributed by atoms with van der Waals surface area (Å²) in [5.74, 6) is 0.884. The van der Waals surface area contributed by atoms with Crippen LogP contribution in [0.3, 0.4) is 0 Å². The first kappa shape index (κ1) is 21.4. The molecule has 0 bridgehead atoms. The van der Waals surface area contributed by atoms with Crippen LogP contribution in [0.5, 0.6) is 0 Å². The lowest BCUT2D eigenvalue weighted by Gasteiger charge is -2.20. The Labute approximate surface area is 177 Å². The van der Waals surface area contributed by atoms with E-state index in [1.165, 1.54) is 45.3 Å². The highest BCUT2D eigenvalue weighted by Crippen LogP contribution is 2.12. The zero-order valence-corrected chi connectivity index (χ0v) is 18.8. The van der Waals surface area contributed by atoms with Gasteiger partial charge in [0.1, 0.15) is 0 Å². The summed E-state index contributed by atoms with van der Waals surface area (Å²) in [6.45, 7) is 8.26. The van der Waals surface area contributed by atoms with Gasteiger partial charge in [-0.3, -0.25) is 4.40 Å². The minimum Gasteiger partial charge on any atom is -0.357 e. The molecule has 0 saturated carbocycles. The summed E-state index contributed by atoms with van der Waals surface area (Å²) in [7, 11) is 0. The number of hydrogen-bond donors (Lipinski definition) is 2. The number of nitrogens with zero attached hydrogens (tertiary/aromatic N) is 4. The predicted octanol–water partition coefficient (Wildman–Crippen LogP) is 3.34. The molecule has 1 fully saturated rings. The lowest BCUT2D eigenvalue weighted by molar-refractivity contribution is 0.282. The second-order valence-corrected chi connectivity index (χ2v) is 7.43. The monoisotopic (exact) mass is 490 g/mol. The van der Waals surface area contributed by atoms with Gasteiger partial charge in [-0.15, -0.1) is 35.3 Å². The molecule has 2 aromatic rings. The molecule has 0 unspecified atom stereocenters. The number of halogens is 1. The van der Waals surface area contributed by atoms with Crippen molar-refractivity contribution in [3.63, 3.8) is 0 Å². The highest BCUT2D eigenvalue weighted by Gasteiger charge is 2.08. The standard InChI is InChI=1S/C18H30N6S.HI/c1-2-19-17(20-8-7-11-23-9-5-3-4-6-10-23)21-14-16-15-24-12-13-25-18(24)22-16;/h12-13,15H,2-11,14H2,1H3,(H2,19,20,21);1H. The van der Waals surface area contributed by atoms with E-state index in [0.717, 1.165) is 36.1 Å². The molecule has 0 amide bonds. The molecule has 1 aliphatic heterocycles. The van der Waals surface area contributed by atoms with Crippen LogP contribution >= 0.6 is 35.3 Å². The molecule has 8 heteroatoms. The number of aliphatic imine (C=N–C) groups is 1. The molecule has 1 saturated heterocycles. The van der Waals surface area contributed by atoms with Crippen LogP contribution < -0.4 is 10.6 Å². The zero-order valence-electron chi connectivity index (χ0n) is 15.6. The van der Waals surface area contributed by atoms with Gasteiger partial charge in [-0.2, -0.15) is 0 Å². The second-order valence-electron chi connectivity index (χ2n) is 6.56. The van der Waals surface area contributed by atoms with Gasteiger partial charge in [0.25, 0.3) is 0 Å². The summed E-state index contributed by atoms with van der Waals surface area (Å²) in [6, 6.07) is 0. The average molecular weight is 490 g/mol. The SMILES string of the molecule is CCNC(=NCc1cn2ccsc2n1)NCCCN1CCCCCC1.I. The summed E-state index contributed by atoms with van der Waals surface area (Å²) in [6.07, 6.45) is 10.8. The van der Waals surface area contributed by atoms with E-state index in [9.17, 15) is 0 Å². The number of likely N-dealkylation sites (tertiary alicyclic amines) is 1. The minimum atomic E-state index is 0. The van der Waals surface area contributed by atoms with Crippen molar-refractivity contribution in [2.75, 3.05) is 32.7 Å². The molecule has 0 radical (unpaired) electrons. The van der Waals surface area contributed by atoms with Crippen molar-refractivity contribution >= 4 is 46.2 Å². The highest BCUT2D eigenvalue weighted by molar-refractivity contribution is 14.0. The molecule has 26 heavy (non-hydrogen) atoms. The lowest BCUT2D eigenvalue weighted by Crippen LogP contribution is -2.39. The number of guanidine groups is 1.